The summed E-state index contributed by atoms with van der Waals surface area (Å²) in [5.74, 6) is -0.538. The summed E-state index contributed by atoms with van der Waals surface area (Å²) in [7, 11) is -8.97. The van der Waals surface area contributed by atoms with E-state index in [4.69, 9.17) is 16.6 Å². The van der Waals surface area contributed by atoms with Gasteiger partial charge in [-0.2, -0.15) is 5.21 Å². The third kappa shape index (κ3) is 4.89. The molecule has 0 saturated carbocycles. The molecule has 0 bridgehead atoms. The lowest BCUT2D eigenvalue weighted by molar-refractivity contribution is 0.202. The van der Waals surface area contributed by atoms with Crippen molar-refractivity contribution in [3.63, 3.8) is 0 Å². The Balaban J connectivity index is 2.25. The molecule has 1 aromatic heterocycles. The molecule has 0 aliphatic carbocycles. The molecule has 16 heteroatoms. The van der Waals surface area contributed by atoms with Gasteiger partial charge in [0.1, 0.15) is 16.0 Å². The predicted molar refractivity (Wildman–Crippen MR) is 114 cm³/mol. The van der Waals surface area contributed by atoms with E-state index in [1.54, 1.807) is 4.90 Å². The van der Waals surface area contributed by atoms with Gasteiger partial charge in [-0.05, 0) is 37.2 Å². The molecular weight excluding hydrogens is 465 g/mol. The number of anilines is 1. The van der Waals surface area contributed by atoms with Gasteiger partial charge in [-0.25, -0.2) is 31.1 Å². The Morgan fingerprint density at radius 3 is 2.56 bits per heavy atom. The first-order valence-electron chi connectivity index (χ1n) is 9.74. The summed E-state index contributed by atoms with van der Waals surface area (Å²) in [6, 6.07) is 1.80. The number of nitrogens with zero attached hydrogens (tertiary/aromatic N) is 4. The Morgan fingerprint density at radius 2 is 2.03 bits per heavy atom. The first-order chi connectivity index (χ1) is 15.0. The summed E-state index contributed by atoms with van der Waals surface area (Å²) >= 11 is 0. The maximum atomic E-state index is 14.6. The van der Waals surface area contributed by atoms with Crippen LogP contribution in [0.2, 0.25) is 0 Å². The molecule has 3 rings (SSSR count). The highest BCUT2D eigenvalue weighted by molar-refractivity contribution is 7.92. The van der Waals surface area contributed by atoms with Crippen LogP contribution in [0.1, 0.15) is 13.3 Å². The minimum Gasteiger partial charge on any atom is -0.368 e. The highest BCUT2D eigenvalue weighted by Crippen LogP contribution is 2.39. The minimum atomic E-state index is -4.62. The van der Waals surface area contributed by atoms with Crippen LogP contribution in [0.3, 0.4) is 0 Å². The molecule has 8 N–H and O–H groups in total. The Hall–Kier alpha value is -2.24. The van der Waals surface area contributed by atoms with E-state index in [1.165, 1.54) is 13.0 Å². The highest BCUT2D eigenvalue weighted by Gasteiger charge is 2.36. The number of benzene rings is 1. The van der Waals surface area contributed by atoms with Gasteiger partial charge in [0.25, 0.3) is 0 Å². The number of sulfonamides is 2. The molecule has 13 nitrogen and oxygen atoms in total. The molecule has 1 aromatic carbocycles. The minimum absolute atomic E-state index is 0.0201. The molecule has 0 amide bonds. The van der Waals surface area contributed by atoms with Gasteiger partial charge in [0.15, 0.2) is 0 Å². The van der Waals surface area contributed by atoms with E-state index in [1.807, 2.05) is 0 Å². The van der Waals surface area contributed by atoms with E-state index in [0.717, 1.165) is 6.07 Å². The zero-order valence-corrected chi connectivity index (χ0v) is 18.9. The molecule has 2 aromatic rings. The van der Waals surface area contributed by atoms with Crippen molar-refractivity contribution in [1.29, 1.82) is 0 Å². The largest absolute Gasteiger partial charge is 0.368 e. The van der Waals surface area contributed by atoms with E-state index in [9.17, 15) is 21.2 Å². The van der Waals surface area contributed by atoms with Gasteiger partial charge in [-0.3, -0.25) is 0 Å². The number of nitrogens with one attached hydrogen (secondary N) is 2. The van der Waals surface area contributed by atoms with Crippen molar-refractivity contribution in [2.45, 2.75) is 35.3 Å². The maximum Gasteiger partial charge on any atom is 0.242 e. The van der Waals surface area contributed by atoms with E-state index in [2.05, 4.69) is 25.3 Å². The van der Waals surface area contributed by atoms with Gasteiger partial charge < -0.3 is 16.4 Å². The number of hydrogen-bond donors (Lipinski definition) is 5. The van der Waals surface area contributed by atoms with Crippen LogP contribution >= 0.6 is 0 Å². The Morgan fingerprint density at radius 1 is 1.31 bits per heavy atom. The molecule has 3 atom stereocenters. The van der Waals surface area contributed by atoms with Crippen LogP contribution in [0.4, 0.5) is 10.1 Å². The number of primary sulfonamides is 1. The smallest absolute Gasteiger partial charge is 0.242 e. The maximum absolute atomic E-state index is 14.6. The van der Waals surface area contributed by atoms with Gasteiger partial charge in [0.05, 0.1) is 5.56 Å². The van der Waals surface area contributed by atoms with E-state index in [-0.39, 0.29) is 42.6 Å². The molecule has 178 valence electrons. The molecule has 1 saturated heterocycles. The SMILES string of the molecule is C[C@H](CN)NS(=O)(=O)c1ccc(N2CC[C@@H](CN)[C@@H](F)C2)c(-c2nn[nH]n2)c1S(N)(=O)=O. The highest BCUT2D eigenvalue weighted by atomic mass is 32.2. The number of hydrogen-bond acceptors (Lipinski definition) is 10. The normalized spacial score (nSPS) is 21.0. The zero-order chi connectivity index (χ0) is 23.7. The number of rotatable bonds is 8. The van der Waals surface area contributed by atoms with E-state index < -0.39 is 42.1 Å². The first-order valence-corrected chi connectivity index (χ1v) is 12.8. The second-order valence-corrected chi connectivity index (χ2v) is 10.8. The molecule has 0 unspecified atom stereocenters. The monoisotopic (exact) mass is 491 g/mol. The van der Waals surface area contributed by atoms with Crippen molar-refractivity contribution in [3.05, 3.63) is 12.1 Å². The van der Waals surface area contributed by atoms with Crippen molar-refractivity contribution in [1.82, 2.24) is 25.3 Å². The summed E-state index contributed by atoms with van der Waals surface area (Å²) in [5.41, 5.74) is 11.1. The number of halogens is 1. The number of piperidine rings is 1. The average Bonchev–Trinajstić information content (AvgIpc) is 3.26. The number of H-pyrrole nitrogens is 1. The fourth-order valence-electron chi connectivity index (χ4n) is 3.61. The molecule has 0 spiro atoms. The van der Waals surface area contributed by atoms with Crippen LogP contribution in [0, 0.1) is 5.92 Å². The topological polar surface area (TPSA) is 216 Å². The summed E-state index contributed by atoms with van der Waals surface area (Å²) in [4.78, 5) is 0.269. The third-order valence-corrected chi connectivity index (χ3v) is 8.03. The lowest BCUT2D eigenvalue weighted by atomic mass is 9.94. The number of alkyl halides is 1. The van der Waals surface area contributed by atoms with Crippen molar-refractivity contribution in [3.8, 4) is 11.4 Å². The second kappa shape index (κ2) is 9.32. The standard InChI is InChI=1S/C16H26FN9O4S2/c1-9(6-18)23-32(29,30)13-3-2-12(26-5-4-10(7-19)11(17)8-26)14(15(13)31(20,27)28)16-21-24-25-22-16/h2-3,9-11,23H,4-8,18-19H2,1H3,(H2,20,27,28)(H,21,22,24,25)/t9-,10+,11+/m1/s1. The molecule has 2 heterocycles. The molecule has 1 aliphatic heterocycles. The van der Waals surface area contributed by atoms with Gasteiger partial charge in [-0.15, -0.1) is 10.2 Å². The van der Waals surface area contributed by atoms with Crippen molar-refractivity contribution in [2.75, 3.05) is 31.1 Å². The molecule has 0 radical (unpaired) electrons. The molecule has 32 heavy (non-hydrogen) atoms. The van der Waals surface area contributed by atoms with Gasteiger partial charge in [-0.1, -0.05) is 0 Å². The Bertz CT molecular complexity index is 1160. The van der Waals surface area contributed by atoms with Crippen LogP contribution in [0.5, 0.6) is 0 Å². The number of tetrazole rings is 1. The molecular formula is C16H26FN9O4S2. The van der Waals surface area contributed by atoms with Crippen molar-refractivity contribution >= 4 is 25.7 Å². The van der Waals surface area contributed by atoms with Gasteiger partial charge in [0, 0.05) is 37.3 Å². The number of nitrogens with two attached hydrogens (primary N) is 3. The van der Waals surface area contributed by atoms with E-state index in [0.29, 0.717) is 13.0 Å². The Labute approximate surface area is 185 Å². The lowest BCUT2D eigenvalue weighted by Gasteiger charge is -2.36. The zero-order valence-electron chi connectivity index (χ0n) is 17.3. The third-order valence-electron chi connectivity index (χ3n) is 5.27. The molecule has 1 fully saturated rings. The quantitative estimate of drug-likeness (QED) is 0.281. The predicted octanol–water partition coefficient (Wildman–Crippen LogP) is -1.74. The van der Waals surface area contributed by atoms with Crippen LogP contribution in [-0.4, -0.2) is 75.9 Å². The number of aromatic amines is 1. The van der Waals surface area contributed by atoms with Crippen molar-refractivity contribution in [2.24, 2.45) is 22.5 Å². The summed E-state index contributed by atoms with van der Waals surface area (Å²) < 4.78 is 68.1. The van der Waals surface area contributed by atoms with E-state index >= 15 is 0 Å². The van der Waals surface area contributed by atoms with Crippen LogP contribution in [-0.2, 0) is 20.0 Å². The lowest BCUT2D eigenvalue weighted by Crippen LogP contribution is -2.44. The Kier molecular flexibility index (Phi) is 7.11. The van der Waals surface area contributed by atoms with Crippen LogP contribution in [0.15, 0.2) is 21.9 Å². The first kappa shape index (κ1) is 24.4. The van der Waals surface area contributed by atoms with Gasteiger partial charge >= 0.3 is 0 Å². The number of aromatic nitrogens is 4. The van der Waals surface area contributed by atoms with Crippen LogP contribution < -0.4 is 26.2 Å². The fraction of sp³-hybridized carbons (Fsp3) is 0.562. The molecule has 1 aliphatic rings. The van der Waals surface area contributed by atoms with Gasteiger partial charge in [0.2, 0.25) is 25.9 Å². The average molecular weight is 492 g/mol. The summed E-state index contributed by atoms with van der Waals surface area (Å²) in [6.45, 7) is 1.95. The van der Waals surface area contributed by atoms with Crippen LogP contribution in [0.25, 0.3) is 11.4 Å². The summed E-state index contributed by atoms with van der Waals surface area (Å²) in [5, 5.41) is 18.7. The fourth-order valence-corrected chi connectivity index (χ4v) is 6.46. The van der Waals surface area contributed by atoms with Crippen molar-refractivity contribution < 1.29 is 21.2 Å². The second-order valence-electron chi connectivity index (χ2n) is 7.57. The summed E-state index contributed by atoms with van der Waals surface area (Å²) in [6.07, 6.45) is -0.843.